The molecule has 0 spiro atoms. The van der Waals surface area contributed by atoms with Crippen LogP contribution in [0.5, 0.6) is 5.75 Å². The Bertz CT molecular complexity index is 418. The van der Waals surface area contributed by atoms with Crippen molar-refractivity contribution in [1.29, 1.82) is 0 Å². The highest BCUT2D eigenvalue weighted by Crippen LogP contribution is 2.33. The summed E-state index contributed by atoms with van der Waals surface area (Å²) in [6, 6.07) is 3.48. The van der Waals surface area contributed by atoms with Gasteiger partial charge in [0.25, 0.3) is 0 Å². The smallest absolute Gasteiger partial charge is 0.341 e. The van der Waals surface area contributed by atoms with Crippen molar-refractivity contribution >= 4 is 33.5 Å². The Hall–Kier alpha value is -1.00. The van der Waals surface area contributed by atoms with Crippen molar-refractivity contribution in [3.63, 3.8) is 0 Å². The monoisotopic (exact) mass is 304 g/mol. The Labute approximate surface area is 107 Å². The van der Waals surface area contributed by atoms with Gasteiger partial charge in [-0.25, -0.2) is 4.79 Å². The van der Waals surface area contributed by atoms with E-state index in [1.54, 1.807) is 12.1 Å². The molecule has 0 aliphatic heterocycles. The normalized spacial score (nSPS) is 9.88. The number of halogens is 2. The summed E-state index contributed by atoms with van der Waals surface area (Å²) in [4.78, 5) is 10.4. The summed E-state index contributed by atoms with van der Waals surface area (Å²) in [6.45, 7) is 3.21. The molecule has 3 nitrogen and oxygen atoms in total. The van der Waals surface area contributed by atoms with Crippen LogP contribution in [0.3, 0.4) is 0 Å². The van der Waals surface area contributed by atoms with Gasteiger partial charge in [-0.1, -0.05) is 33.6 Å². The molecule has 0 heterocycles. The second-order valence-corrected chi connectivity index (χ2v) is 4.37. The van der Waals surface area contributed by atoms with E-state index in [-0.39, 0.29) is 0 Å². The molecule has 0 aliphatic rings. The summed E-state index contributed by atoms with van der Waals surface area (Å²) in [5.74, 6) is -0.643. The van der Waals surface area contributed by atoms with Gasteiger partial charge < -0.3 is 9.84 Å². The average Bonchev–Trinajstić information content (AvgIpc) is 2.16. The molecule has 16 heavy (non-hydrogen) atoms. The molecular formula is C11H10BrClO3. The third kappa shape index (κ3) is 3.54. The van der Waals surface area contributed by atoms with E-state index in [0.29, 0.717) is 17.2 Å². The maximum atomic E-state index is 10.4. The molecule has 86 valence electrons. The minimum Gasteiger partial charge on any atom is -0.480 e. The van der Waals surface area contributed by atoms with Crippen molar-refractivity contribution in [2.45, 2.75) is 6.42 Å². The second-order valence-electron chi connectivity index (χ2n) is 3.05. The number of rotatable bonds is 5. The van der Waals surface area contributed by atoms with Gasteiger partial charge in [-0.05, 0) is 18.6 Å². The first-order chi connectivity index (χ1) is 7.54. The van der Waals surface area contributed by atoms with Gasteiger partial charge in [0, 0.05) is 10.0 Å². The van der Waals surface area contributed by atoms with Crippen LogP contribution in [0.1, 0.15) is 5.56 Å². The van der Waals surface area contributed by atoms with Crippen LogP contribution in [-0.4, -0.2) is 17.7 Å². The Morgan fingerprint density at radius 2 is 2.31 bits per heavy atom. The number of ether oxygens (including phenoxy) is 1. The zero-order valence-corrected chi connectivity index (χ0v) is 10.7. The number of carboxylic acid groups (broad SMARTS) is 1. The standard InChI is InChI=1S/C11H10BrClO3/c1-2-3-7-4-8(12)5-9(13)11(7)16-6-10(14)15/h2,4-5H,1,3,6H2,(H,14,15). The molecule has 1 aromatic rings. The zero-order valence-electron chi connectivity index (χ0n) is 8.37. The van der Waals surface area contributed by atoms with Gasteiger partial charge in [0.05, 0.1) is 5.02 Å². The SMILES string of the molecule is C=CCc1cc(Br)cc(Cl)c1OCC(=O)O. The van der Waals surface area contributed by atoms with Crippen molar-refractivity contribution in [1.82, 2.24) is 0 Å². The van der Waals surface area contributed by atoms with Crippen molar-refractivity contribution < 1.29 is 14.6 Å². The molecule has 1 aromatic carbocycles. The summed E-state index contributed by atoms with van der Waals surface area (Å²) in [5, 5.41) is 8.93. The fraction of sp³-hybridized carbons (Fsp3) is 0.182. The largest absolute Gasteiger partial charge is 0.480 e. The highest BCUT2D eigenvalue weighted by atomic mass is 79.9. The molecule has 0 amide bonds. The van der Waals surface area contributed by atoms with E-state index in [9.17, 15) is 4.79 Å². The Morgan fingerprint density at radius 1 is 1.62 bits per heavy atom. The minimum absolute atomic E-state index is 0.382. The molecule has 0 atom stereocenters. The number of hydrogen-bond donors (Lipinski definition) is 1. The zero-order chi connectivity index (χ0) is 12.1. The van der Waals surface area contributed by atoms with Crippen molar-refractivity contribution in [2.75, 3.05) is 6.61 Å². The highest BCUT2D eigenvalue weighted by Gasteiger charge is 2.11. The first-order valence-electron chi connectivity index (χ1n) is 4.48. The number of allylic oxidation sites excluding steroid dienone is 1. The third-order valence-corrected chi connectivity index (χ3v) is 2.53. The summed E-state index contributed by atoms with van der Waals surface area (Å²) < 4.78 is 5.95. The van der Waals surface area contributed by atoms with Crippen molar-refractivity contribution in [3.8, 4) is 5.75 Å². The van der Waals surface area contributed by atoms with Gasteiger partial charge in [-0.2, -0.15) is 0 Å². The average molecular weight is 306 g/mol. The number of aliphatic carboxylic acids is 1. The molecule has 0 aliphatic carbocycles. The van der Waals surface area contributed by atoms with Crippen LogP contribution < -0.4 is 4.74 Å². The quantitative estimate of drug-likeness (QED) is 0.849. The van der Waals surface area contributed by atoms with Crippen LogP contribution in [0, 0.1) is 0 Å². The van der Waals surface area contributed by atoms with Gasteiger partial charge >= 0.3 is 5.97 Å². The van der Waals surface area contributed by atoms with Crippen LogP contribution >= 0.6 is 27.5 Å². The summed E-state index contributed by atoms with van der Waals surface area (Å²) in [6.07, 6.45) is 2.26. The van der Waals surface area contributed by atoms with Crippen LogP contribution in [-0.2, 0) is 11.2 Å². The van der Waals surface area contributed by atoms with Crippen molar-refractivity contribution in [2.24, 2.45) is 0 Å². The molecule has 0 aromatic heterocycles. The maximum absolute atomic E-state index is 10.4. The second kappa shape index (κ2) is 5.92. The van der Waals surface area contributed by atoms with E-state index in [4.69, 9.17) is 21.4 Å². The predicted molar refractivity (Wildman–Crippen MR) is 66.2 cm³/mol. The van der Waals surface area contributed by atoms with E-state index in [2.05, 4.69) is 22.5 Å². The Kier molecular flexibility index (Phi) is 4.83. The molecule has 1 rings (SSSR count). The highest BCUT2D eigenvalue weighted by molar-refractivity contribution is 9.10. The fourth-order valence-corrected chi connectivity index (χ4v) is 2.15. The number of benzene rings is 1. The van der Waals surface area contributed by atoms with Crippen LogP contribution in [0.2, 0.25) is 5.02 Å². The first kappa shape index (κ1) is 13.1. The van der Waals surface area contributed by atoms with E-state index in [0.717, 1.165) is 10.0 Å². The molecular weight excluding hydrogens is 295 g/mol. The molecule has 0 fully saturated rings. The summed E-state index contributed by atoms with van der Waals surface area (Å²) >= 11 is 9.28. The predicted octanol–water partition coefficient (Wildman–Crippen LogP) is 3.29. The van der Waals surface area contributed by atoms with Gasteiger partial charge in [-0.3, -0.25) is 0 Å². The van der Waals surface area contributed by atoms with Gasteiger partial charge in [-0.15, -0.1) is 6.58 Å². The van der Waals surface area contributed by atoms with E-state index < -0.39 is 12.6 Å². The number of hydrogen-bond acceptors (Lipinski definition) is 2. The fourth-order valence-electron chi connectivity index (χ4n) is 1.22. The van der Waals surface area contributed by atoms with E-state index in [1.165, 1.54) is 0 Å². The molecule has 0 radical (unpaired) electrons. The molecule has 0 saturated heterocycles. The Balaban J connectivity index is 3.03. The number of carbonyl (C=O) groups is 1. The minimum atomic E-state index is -1.04. The third-order valence-electron chi connectivity index (χ3n) is 1.79. The maximum Gasteiger partial charge on any atom is 0.341 e. The van der Waals surface area contributed by atoms with Crippen LogP contribution in [0.4, 0.5) is 0 Å². The lowest BCUT2D eigenvalue weighted by Gasteiger charge is -2.11. The van der Waals surface area contributed by atoms with E-state index in [1.807, 2.05) is 6.07 Å². The molecule has 5 heteroatoms. The summed E-state index contributed by atoms with van der Waals surface area (Å²) in [5.41, 5.74) is 0.802. The van der Waals surface area contributed by atoms with Crippen LogP contribution in [0.15, 0.2) is 29.3 Å². The van der Waals surface area contributed by atoms with Crippen LogP contribution in [0.25, 0.3) is 0 Å². The molecule has 0 saturated carbocycles. The lowest BCUT2D eigenvalue weighted by molar-refractivity contribution is -0.139. The molecule has 1 N–H and O–H groups in total. The lowest BCUT2D eigenvalue weighted by Crippen LogP contribution is -2.10. The Morgan fingerprint density at radius 3 is 2.88 bits per heavy atom. The lowest BCUT2D eigenvalue weighted by atomic mass is 10.1. The van der Waals surface area contributed by atoms with Gasteiger partial charge in [0.1, 0.15) is 5.75 Å². The topological polar surface area (TPSA) is 46.5 Å². The van der Waals surface area contributed by atoms with E-state index >= 15 is 0 Å². The summed E-state index contributed by atoms with van der Waals surface area (Å²) in [7, 11) is 0. The molecule has 0 bridgehead atoms. The van der Waals surface area contributed by atoms with Gasteiger partial charge in [0.15, 0.2) is 6.61 Å². The van der Waals surface area contributed by atoms with Gasteiger partial charge in [0.2, 0.25) is 0 Å². The first-order valence-corrected chi connectivity index (χ1v) is 5.65. The number of carboxylic acids is 1. The van der Waals surface area contributed by atoms with Crippen molar-refractivity contribution in [3.05, 3.63) is 39.8 Å². The molecule has 0 unspecified atom stereocenters.